The largest absolute Gasteiger partial charge is 0.459 e. The Kier molecular flexibility index (Phi) is 4.46. The molecule has 1 unspecified atom stereocenters. The van der Waals surface area contributed by atoms with E-state index in [0.717, 1.165) is 35.4 Å². The van der Waals surface area contributed by atoms with Crippen LogP contribution in [-0.2, 0) is 6.54 Å². The molecule has 0 aliphatic carbocycles. The van der Waals surface area contributed by atoms with Gasteiger partial charge in [-0.2, -0.15) is 0 Å². The van der Waals surface area contributed by atoms with Crippen LogP contribution < -0.4 is 0 Å². The average Bonchev–Trinajstić information content (AvgIpc) is 2.97. The standard InChI is InChI=1S/C18H19ClN2O/c1-3-21(12-15-8-6-10-20-18(15)19)13(2)17-11-14-7-4-5-9-16(14)22-17/h4-11,13H,3,12H2,1-2H3. The molecule has 0 radical (unpaired) electrons. The van der Waals surface area contributed by atoms with E-state index in [1.165, 1.54) is 0 Å². The van der Waals surface area contributed by atoms with E-state index < -0.39 is 0 Å². The minimum absolute atomic E-state index is 0.175. The summed E-state index contributed by atoms with van der Waals surface area (Å²) in [5, 5.41) is 1.71. The molecule has 0 bridgehead atoms. The van der Waals surface area contributed by atoms with Crippen LogP contribution >= 0.6 is 11.6 Å². The van der Waals surface area contributed by atoms with E-state index in [0.29, 0.717) is 5.15 Å². The van der Waals surface area contributed by atoms with Gasteiger partial charge in [0.2, 0.25) is 0 Å². The maximum absolute atomic E-state index is 6.18. The van der Waals surface area contributed by atoms with Crippen molar-refractivity contribution in [1.82, 2.24) is 9.88 Å². The molecule has 0 aliphatic heterocycles. The Labute approximate surface area is 135 Å². The van der Waals surface area contributed by atoms with Crippen LogP contribution in [0.15, 0.2) is 53.1 Å². The second kappa shape index (κ2) is 6.51. The normalized spacial score (nSPS) is 12.9. The van der Waals surface area contributed by atoms with Crippen LogP contribution in [0.2, 0.25) is 5.15 Å². The third-order valence-electron chi connectivity index (χ3n) is 4.02. The summed E-state index contributed by atoms with van der Waals surface area (Å²) in [7, 11) is 0. The van der Waals surface area contributed by atoms with Gasteiger partial charge >= 0.3 is 0 Å². The molecule has 4 heteroatoms. The molecular weight excluding hydrogens is 296 g/mol. The van der Waals surface area contributed by atoms with Gasteiger partial charge in [-0.1, -0.05) is 42.8 Å². The van der Waals surface area contributed by atoms with E-state index in [1.54, 1.807) is 6.20 Å². The lowest BCUT2D eigenvalue weighted by molar-refractivity contribution is 0.191. The second-order valence-electron chi connectivity index (χ2n) is 5.38. The maximum atomic E-state index is 6.18. The molecule has 3 aromatic rings. The van der Waals surface area contributed by atoms with Crippen LogP contribution in [0.1, 0.15) is 31.2 Å². The molecule has 22 heavy (non-hydrogen) atoms. The lowest BCUT2D eigenvalue weighted by Crippen LogP contribution is -2.26. The number of furan rings is 1. The molecule has 114 valence electrons. The Balaban J connectivity index is 1.84. The lowest BCUT2D eigenvalue weighted by atomic mass is 10.1. The Morgan fingerprint density at radius 1 is 1.23 bits per heavy atom. The molecule has 0 amide bonds. The minimum atomic E-state index is 0.175. The zero-order chi connectivity index (χ0) is 15.5. The van der Waals surface area contributed by atoms with Gasteiger partial charge in [0.15, 0.2) is 0 Å². The van der Waals surface area contributed by atoms with Crippen LogP contribution in [0, 0.1) is 0 Å². The number of hydrogen-bond donors (Lipinski definition) is 0. The first kappa shape index (κ1) is 15.1. The molecule has 1 atom stereocenters. The zero-order valence-corrected chi connectivity index (χ0v) is 13.5. The summed E-state index contributed by atoms with van der Waals surface area (Å²) in [4.78, 5) is 6.47. The van der Waals surface area contributed by atoms with Gasteiger partial charge in [-0.15, -0.1) is 0 Å². The highest BCUT2D eigenvalue weighted by Crippen LogP contribution is 2.28. The van der Waals surface area contributed by atoms with Crippen LogP contribution in [0.5, 0.6) is 0 Å². The zero-order valence-electron chi connectivity index (χ0n) is 12.8. The molecule has 0 spiro atoms. The van der Waals surface area contributed by atoms with Crippen LogP contribution in [-0.4, -0.2) is 16.4 Å². The van der Waals surface area contributed by atoms with Crippen molar-refractivity contribution in [2.45, 2.75) is 26.4 Å². The van der Waals surface area contributed by atoms with Gasteiger partial charge < -0.3 is 4.42 Å². The second-order valence-corrected chi connectivity index (χ2v) is 5.74. The number of benzene rings is 1. The predicted molar refractivity (Wildman–Crippen MR) is 90.0 cm³/mol. The highest BCUT2D eigenvalue weighted by molar-refractivity contribution is 6.30. The van der Waals surface area contributed by atoms with Crippen molar-refractivity contribution in [2.75, 3.05) is 6.54 Å². The van der Waals surface area contributed by atoms with Gasteiger partial charge in [-0.3, -0.25) is 4.90 Å². The number of nitrogens with zero attached hydrogens (tertiary/aromatic N) is 2. The van der Waals surface area contributed by atoms with Gasteiger partial charge in [0.1, 0.15) is 16.5 Å². The van der Waals surface area contributed by atoms with E-state index in [2.05, 4.69) is 35.9 Å². The average molecular weight is 315 g/mol. The lowest BCUT2D eigenvalue weighted by Gasteiger charge is -2.26. The van der Waals surface area contributed by atoms with Crippen molar-refractivity contribution in [3.05, 3.63) is 65.1 Å². The van der Waals surface area contributed by atoms with Crippen molar-refractivity contribution in [3.63, 3.8) is 0 Å². The third kappa shape index (κ3) is 3.01. The molecule has 0 saturated heterocycles. The fraction of sp³-hybridized carbons (Fsp3) is 0.278. The molecule has 3 rings (SSSR count). The Bertz CT molecular complexity index is 735. The smallest absolute Gasteiger partial charge is 0.134 e. The Morgan fingerprint density at radius 3 is 2.77 bits per heavy atom. The molecule has 1 aromatic carbocycles. The van der Waals surface area contributed by atoms with Crippen LogP contribution in [0.4, 0.5) is 0 Å². The topological polar surface area (TPSA) is 29.3 Å². The van der Waals surface area contributed by atoms with E-state index in [1.807, 2.05) is 30.3 Å². The fourth-order valence-corrected chi connectivity index (χ4v) is 2.85. The summed E-state index contributed by atoms with van der Waals surface area (Å²) in [6.07, 6.45) is 1.71. The predicted octanol–water partition coefficient (Wildman–Crippen LogP) is 5.06. The highest BCUT2D eigenvalue weighted by Gasteiger charge is 2.19. The Hall–Kier alpha value is -1.84. The number of rotatable bonds is 5. The quantitative estimate of drug-likeness (QED) is 0.616. The minimum Gasteiger partial charge on any atom is -0.459 e. The van der Waals surface area contributed by atoms with E-state index in [9.17, 15) is 0 Å². The first-order valence-electron chi connectivity index (χ1n) is 7.51. The van der Waals surface area contributed by atoms with Gasteiger partial charge in [0.25, 0.3) is 0 Å². The summed E-state index contributed by atoms with van der Waals surface area (Å²) in [5.41, 5.74) is 1.97. The van der Waals surface area contributed by atoms with Crippen LogP contribution in [0.25, 0.3) is 11.0 Å². The van der Waals surface area contributed by atoms with Crippen molar-refractivity contribution < 1.29 is 4.42 Å². The molecule has 0 aliphatic rings. The van der Waals surface area contributed by atoms with Gasteiger partial charge in [-0.25, -0.2) is 4.98 Å². The SMILES string of the molecule is CCN(Cc1cccnc1Cl)C(C)c1cc2ccccc2o1. The first-order valence-corrected chi connectivity index (χ1v) is 7.88. The molecule has 0 N–H and O–H groups in total. The van der Waals surface area contributed by atoms with E-state index in [-0.39, 0.29) is 6.04 Å². The van der Waals surface area contributed by atoms with E-state index in [4.69, 9.17) is 16.0 Å². The number of halogens is 1. The summed E-state index contributed by atoms with van der Waals surface area (Å²) in [6, 6.07) is 14.3. The molecule has 0 saturated carbocycles. The summed E-state index contributed by atoms with van der Waals surface area (Å²) in [6.45, 7) is 5.96. The molecular formula is C18H19ClN2O. The fourth-order valence-electron chi connectivity index (χ4n) is 2.67. The van der Waals surface area contributed by atoms with Crippen molar-refractivity contribution in [1.29, 1.82) is 0 Å². The van der Waals surface area contributed by atoms with E-state index >= 15 is 0 Å². The summed E-state index contributed by atoms with van der Waals surface area (Å²) < 4.78 is 5.99. The summed E-state index contributed by atoms with van der Waals surface area (Å²) in [5.74, 6) is 0.975. The van der Waals surface area contributed by atoms with Crippen molar-refractivity contribution in [3.8, 4) is 0 Å². The number of pyridine rings is 1. The van der Waals surface area contributed by atoms with Gasteiger partial charge in [0, 0.05) is 23.7 Å². The van der Waals surface area contributed by atoms with Crippen molar-refractivity contribution in [2.24, 2.45) is 0 Å². The number of hydrogen-bond acceptors (Lipinski definition) is 3. The third-order valence-corrected chi connectivity index (χ3v) is 4.36. The highest BCUT2D eigenvalue weighted by atomic mass is 35.5. The molecule has 2 aromatic heterocycles. The summed E-state index contributed by atoms with van der Waals surface area (Å²) >= 11 is 6.18. The molecule has 0 fully saturated rings. The van der Waals surface area contributed by atoms with Crippen LogP contribution in [0.3, 0.4) is 0 Å². The van der Waals surface area contributed by atoms with Crippen molar-refractivity contribution >= 4 is 22.6 Å². The molecule has 3 nitrogen and oxygen atoms in total. The number of para-hydroxylation sites is 1. The maximum Gasteiger partial charge on any atom is 0.134 e. The Morgan fingerprint density at radius 2 is 2.05 bits per heavy atom. The monoisotopic (exact) mass is 314 g/mol. The number of aromatic nitrogens is 1. The number of fused-ring (bicyclic) bond motifs is 1. The van der Waals surface area contributed by atoms with Gasteiger partial charge in [-0.05, 0) is 31.7 Å². The molecule has 2 heterocycles. The first-order chi connectivity index (χ1) is 10.7. The van der Waals surface area contributed by atoms with Gasteiger partial charge in [0.05, 0.1) is 6.04 Å².